The van der Waals surface area contributed by atoms with Gasteiger partial charge in [0.2, 0.25) is 5.91 Å². The Morgan fingerprint density at radius 3 is 2.41 bits per heavy atom. The summed E-state index contributed by atoms with van der Waals surface area (Å²) in [6.07, 6.45) is 0.391. The topological polar surface area (TPSA) is 79.0 Å². The van der Waals surface area contributed by atoms with Gasteiger partial charge in [-0.1, -0.05) is 48.0 Å². The summed E-state index contributed by atoms with van der Waals surface area (Å²) >= 11 is 6.09. The summed E-state index contributed by atoms with van der Waals surface area (Å²) in [6.45, 7) is 0.298. The van der Waals surface area contributed by atoms with Gasteiger partial charge in [0, 0.05) is 17.3 Å². The van der Waals surface area contributed by atoms with Gasteiger partial charge in [-0.15, -0.1) is 0 Å². The lowest BCUT2D eigenvalue weighted by atomic mass is 10.1. The van der Waals surface area contributed by atoms with E-state index < -0.39 is 18.0 Å². The zero-order valence-corrected chi connectivity index (χ0v) is 19.4. The zero-order chi connectivity index (χ0) is 24.1. The Morgan fingerprint density at radius 2 is 1.74 bits per heavy atom. The number of methoxy groups -OCH3 is 1. The summed E-state index contributed by atoms with van der Waals surface area (Å²) < 4.78 is 5.13. The van der Waals surface area contributed by atoms with Crippen LogP contribution in [0.3, 0.4) is 0 Å². The molecule has 4 rings (SSSR count). The van der Waals surface area contributed by atoms with Crippen LogP contribution in [0, 0.1) is 0 Å². The number of nitrogens with one attached hydrogen (secondary N) is 1. The molecule has 1 atom stereocenters. The molecule has 0 aliphatic carbocycles. The maximum Gasteiger partial charge on any atom is 0.332 e. The number of halogens is 1. The fourth-order valence-electron chi connectivity index (χ4n) is 3.90. The smallest absolute Gasteiger partial charge is 0.332 e. The van der Waals surface area contributed by atoms with Gasteiger partial charge in [0.05, 0.1) is 19.2 Å². The van der Waals surface area contributed by atoms with E-state index in [-0.39, 0.29) is 12.3 Å². The van der Waals surface area contributed by atoms with Gasteiger partial charge in [-0.2, -0.15) is 0 Å². The Balaban J connectivity index is 1.54. The van der Waals surface area contributed by atoms with Crippen LogP contribution in [-0.4, -0.2) is 42.4 Å². The summed E-state index contributed by atoms with van der Waals surface area (Å²) in [4.78, 5) is 42.0. The highest BCUT2D eigenvalue weighted by Gasteiger charge is 2.46. The molecule has 174 valence electrons. The van der Waals surface area contributed by atoms with E-state index in [0.717, 1.165) is 10.5 Å². The van der Waals surface area contributed by atoms with Gasteiger partial charge in [0.1, 0.15) is 11.8 Å². The van der Waals surface area contributed by atoms with E-state index in [9.17, 15) is 14.4 Å². The Kier molecular flexibility index (Phi) is 7.13. The van der Waals surface area contributed by atoms with Gasteiger partial charge in [-0.3, -0.25) is 9.59 Å². The number of ether oxygens (including phenoxy) is 1. The zero-order valence-electron chi connectivity index (χ0n) is 18.6. The number of rotatable bonds is 8. The number of carbonyl (C=O) groups excluding carboxylic acids is 3. The molecular formula is C26H24ClN3O4. The normalized spacial score (nSPS) is 15.5. The summed E-state index contributed by atoms with van der Waals surface area (Å²) in [7, 11) is 1.56. The highest BCUT2D eigenvalue weighted by atomic mass is 35.5. The average Bonchev–Trinajstić information content (AvgIpc) is 3.07. The predicted octanol–water partition coefficient (Wildman–Crippen LogP) is 4.76. The number of amides is 4. The monoisotopic (exact) mass is 477 g/mol. The summed E-state index contributed by atoms with van der Waals surface area (Å²) in [6, 6.07) is 21.7. The third kappa shape index (κ3) is 5.21. The van der Waals surface area contributed by atoms with Crippen LogP contribution in [-0.2, 0) is 16.0 Å². The van der Waals surface area contributed by atoms with Crippen LogP contribution in [0.25, 0.3) is 0 Å². The minimum Gasteiger partial charge on any atom is -0.497 e. The Bertz CT molecular complexity index is 1180. The van der Waals surface area contributed by atoms with Crippen molar-refractivity contribution >= 4 is 40.8 Å². The lowest BCUT2D eigenvalue weighted by Gasteiger charge is -2.21. The first-order valence-corrected chi connectivity index (χ1v) is 11.2. The lowest BCUT2D eigenvalue weighted by Crippen LogP contribution is -2.39. The summed E-state index contributed by atoms with van der Waals surface area (Å²) in [5.74, 6) is -0.155. The van der Waals surface area contributed by atoms with Crippen LogP contribution >= 0.6 is 11.6 Å². The molecular weight excluding hydrogens is 454 g/mol. The second kappa shape index (κ2) is 10.4. The SMILES string of the molecule is COc1ccc(NC(=O)CC2C(=O)N(c3cccc(Cl)c3)C(=O)N2CCc2ccccc2)cc1. The fraction of sp³-hybridized carbons (Fsp3) is 0.192. The molecule has 3 aromatic carbocycles. The van der Waals surface area contributed by atoms with E-state index in [4.69, 9.17) is 16.3 Å². The minimum absolute atomic E-state index is 0.164. The van der Waals surface area contributed by atoms with Gasteiger partial charge in [0.25, 0.3) is 5.91 Å². The molecule has 1 N–H and O–H groups in total. The number of urea groups is 1. The molecule has 1 fully saturated rings. The molecule has 1 unspecified atom stereocenters. The molecule has 7 nitrogen and oxygen atoms in total. The molecule has 0 aromatic heterocycles. The highest BCUT2D eigenvalue weighted by Crippen LogP contribution is 2.29. The molecule has 1 heterocycles. The number of benzene rings is 3. The van der Waals surface area contributed by atoms with Crippen molar-refractivity contribution in [1.82, 2.24) is 4.90 Å². The first-order chi connectivity index (χ1) is 16.5. The van der Waals surface area contributed by atoms with Crippen LogP contribution in [0.2, 0.25) is 5.02 Å². The van der Waals surface area contributed by atoms with Crippen molar-refractivity contribution in [1.29, 1.82) is 0 Å². The fourth-order valence-corrected chi connectivity index (χ4v) is 4.08. The maximum absolute atomic E-state index is 13.3. The van der Waals surface area contributed by atoms with Gasteiger partial charge in [0.15, 0.2) is 0 Å². The quantitative estimate of drug-likeness (QED) is 0.474. The second-order valence-electron chi connectivity index (χ2n) is 7.86. The third-order valence-corrected chi connectivity index (χ3v) is 5.86. The van der Waals surface area contributed by atoms with Crippen molar-refractivity contribution in [2.45, 2.75) is 18.9 Å². The molecule has 0 radical (unpaired) electrons. The number of nitrogens with zero attached hydrogens (tertiary/aromatic N) is 2. The van der Waals surface area contributed by atoms with Gasteiger partial charge >= 0.3 is 6.03 Å². The van der Waals surface area contributed by atoms with Crippen molar-refractivity contribution < 1.29 is 19.1 Å². The number of carbonyl (C=O) groups is 3. The van der Waals surface area contributed by atoms with Crippen molar-refractivity contribution in [3.8, 4) is 5.75 Å². The van der Waals surface area contributed by atoms with E-state index >= 15 is 0 Å². The first kappa shape index (κ1) is 23.3. The third-order valence-electron chi connectivity index (χ3n) is 5.62. The number of hydrogen-bond donors (Lipinski definition) is 1. The largest absolute Gasteiger partial charge is 0.497 e. The molecule has 1 aliphatic rings. The van der Waals surface area contributed by atoms with E-state index in [2.05, 4.69) is 5.32 Å². The minimum atomic E-state index is -0.923. The first-order valence-electron chi connectivity index (χ1n) is 10.8. The molecule has 4 amide bonds. The maximum atomic E-state index is 13.3. The molecule has 0 saturated carbocycles. The van der Waals surface area contributed by atoms with Crippen LogP contribution in [0.4, 0.5) is 16.2 Å². The van der Waals surface area contributed by atoms with Gasteiger partial charge in [-0.25, -0.2) is 9.69 Å². The molecule has 8 heteroatoms. The summed E-state index contributed by atoms with van der Waals surface area (Å²) in [5.41, 5.74) is 1.99. The molecule has 3 aromatic rings. The predicted molar refractivity (Wildman–Crippen MR) is 131 cm³/mol. The number of imide groups is 1. The van der Waals surface area contributed by atoms with Gasteiger partial charge in [-0.05, 0) is 54.4 Å². The molecule has 1 aliphatic heterocycles. The van der Waals surface area contributed by atoms with Crippen LogP contribution in [0.15, 0.2) is 78.9 Å². The lowest BCUT2D eigenvalue weighted by molar-refractivity contribution is -0.124. The Morgan fingerprint density at radius 1 is 1.00 bits per heavy atom. The van der Waals surface area contributed by atoms with Crippen molar-refractivity contribution in [3.05, 3.63) is 89.4 Å². The van der Waals surface area contributed by atoms with Gasteiger partial charge < -0.3 is 15.0 Å². The van der Waals surface area contributed by atoms with Crippen LogP contribution < -0.4 is 15.0 Å². The highest BCUT2D eigenvalue weighted by molar-refractivity contribution is 6.31. The molecule has 1 saturated heterocycles. The standard InChI is InChI=1S/C26H24ClN3O4/c1-34-22-12-10-20(11-13-22)28-24(31)17-23-25(32)30(21-9-5-8-19(27)16-21)26(33)29(23)15-14-18-6-3-2-4-7-18/h2-13,16,23H,14-15,17H2,1H3,(H,28,31). The number of hydrogen-bond acceptors (Lipinski definition) is 4. The van der Waals surface area contributed by atoms with E-state index in [1.54, 1.807) is 55.6 Å². The van der Waals surface area contributed by atoms with Crippen molar-refractivity contribution in [2.24, 2.45) is 0 Å². The Hall–Kier alpha value is -3.84. The second-order valence-corrected chi connectivity index (χ2v) is 8.30. The van der Waals surface area contributed by atoms with Crippen molar-refractivity contribution in [3.63, 3.8) is 0 Å². The molecule has 34 heavy (non-hydrogen) atoms. The van der Waals surface area contributed by atoms with Crippen LogP contribution in [0.5, 0.6) is 5.75 Å². The van der Waals surface area contributed by atoms with Crippen LogP contribution in [0.1, 0.15) is 12.0 Å². The van der Waals surface area contributed by atoms with Crippen molar-refractivity contribution in [2.75, 3.05) is 23.9 Å². The average molecular weight is 478 g/mol. The Labute approximate surface area is 202 Å². The summed E-state index contributed by atoms with van der Waals surface area (Å²) in [5, 5.41) is 3.20. The van der Waals surface area contributed by atoms with E-state index in [0.29, 0.717) is 35.1 Å². The number of anilines is 2. The molecule has 0 bridgehead atoms. The van der Waals surface area contributed by atoms with E-state index in [1.807, 2.05) is 30.3 Å². The molecule has 0 spiro atoms. The van der Waals surface area contributed by atoms with E-state index in [1.165, 1.54) is 4.90 Å².